The number of nitrogens with one attached hydrogen (secondary N) is 1. The number of thioether (sulfide) groups is 1. The monoisotopic (exact) mass is 458 g/mol. The highest BCUT2D eigenvalue weighted by atomic mass is 32.2. The molecule has 2 aromatic heterocycles. The third kappa shape index (κ3) is 5.43. The van der Waals surface area contributed by atoms with Gasteiger partial charge in [-0.3, -0.25) is 0 Å². The number of likely N-dealkylation sites (tertiary alicyclic amines) is 1. The fourth-order valence-corrected chi connectivity index (χ4v) is 5.70. The van der Waals surface area contributed by atoms with Gasteiger partial charge in [-0.2, -0.15) is 0 Å². The molecule has 4 aromatic rings. The molecule has 33 heavy (non-hydrogen) atoms. The minimum atomic E-state index is 0.606. The first-order valence-electron chi connectivity index (χ1n) is 12.0. The van der Waals surface area contributed by atoms with Gasteiger partial charge in [0.15, 0.2) is 0 Å². The van der Waals surface area contributed by atoms with Gasteiger partial charge in [0.25, 0.3) is 0 Å². The number of benzene rings is 2. The highest BCUT2D eigenvalue weighted by Gasteiger charge is 2.16. The molecule has 0 unspecified atom stereocenters. The maximum Gasteiger partial charge on any atom is 0.308 e. The van der Waals surface area contributed by atoms with E-state index in [2.05, 4.69) is 52.3 Å². The van der Waals surface area contributed by atoms with Crippen LogP contribution in [0, 0.1) is 0 Å². The molecule has 0 saturated carbocycles. The van der Waals surface area contributed by atoms with Gasteiger partial charge in [-0.05, 0) is 50.5 Å². The first kappa shape index (κ1) is 22.4. The molecule has 0 atom stereocenters. The molecule has 0 amide bonds. The van der Waals surface area contributed by atoms with Crippen LogP contribution in [0.1, 0.15) is 37.1 Å². The van der Waals surface area contributed by atoms with Crippen molar-refractivity contribution < 1.29 is 4.65 Å². The van der Waals surface area contributed by atoms with Gasteiger partial charge >= 0.3 is 7.48 Å². The van der Waals surface area contributed by atoms with E-state index in [4.69, 9.17) is 14.6 Å². The summed E-state index contributed by atoms with van der Waals surface area (Å²) in [6.07, 6.45) is 6.01. The molecule has 1 N–H and O–H groups in total. The third-order valence-electron chi connectivity index (χ3n) is 6.35. The first-order chi connectivity index (χ1) is 16.3. The van der Waals surface area contributed by atoms with E-state index in [9.17, 15) is 0 Å². The van der Waals surface area contributed by atoms with Gasteiger partial charge in [0.1, 0.15) is 16.5 Å². The summed E-state index contributed by atoms with van der Waals surface area (Å²) >= 11 is 1.87. The van der Waals surface area contributed by atoms with Crippen molar-refractivity contribution >= 4 is 46.6 Å². The number of piperidine rings is 1. The number of rotatable bonds is 9. The predicted molar refractivity (Wildman–Crippen MR) is 140 cm³/mol. The van der Waals surface area contributed by atoms with Gasteiger partial charge < -0.3 is 14.5 Å². The summed E-state index contributed by atoms with van der Waals surface area (Å²) in [5, 5.41) is 3.43. The van der Waals surface area contributed by atoms with Crippen LogP contribution in [-0.2, 0) is 11.1 Å². The lowest BCUT2D eigenvalue weighted by Crippen LogP contribution is -2.30. The van der Waals surface area contributed by atoms with E-state index >= 15 is 0 Å². The number of aromatic amines is 1. The Balaban J connectivity index is 1.43. The Labute approximate surface area is 200 Å². The van der Waals surface area contributed by atoms with Crippen LogP contribution in [0.3, 0.4) is 0 Å². The second kappa shape index (κ2) is 10.7. The summed E-state index contributed by atoms with van der Waals surface area (Å²) in [5.74, 6) is 1.94. The fourth-order valence-electron chi connectivity index (χ4n) is 4.72. The Morgan fingerprint density at radius 2 is 1.91 bits per heavy atom. The van der Waals surface area contributed by atoms with Gasteiger partial charge in [0.2, 0.25) is 0 Å². The molecule has 2 aromatic carbocycles. The first-order valence-corrected chi connectivity index (χ1v) is 13.0. The highest BCUT2D eigenvalue weighted by Crippen LogP contribution is 2.32. The summed E-state index contributed by atoms with van der Waals surface area (Å²) in [4.78, 5) is 16.2. The van der Waals surface area contributed by atoms with E-state index in [0.717, 1.165) is 45.0 Å². The Morgan fingerprint density at radius 1 is 1.06 bits per heavy atom. The molecule has 1 aliphatic heterocycles. The Bertz CT molecular complexity index is 1210. The Kier molecular flexibility index (Phi) is 7.29. The number of nitrogens with zero attached hydrogens (tertiary/aromatic N) is 3. The lowest BCUT2D eigenvalue weighted by atomic mass is 9.87. The van der Waals surface area contributed by atoms with Crippen LogP contribution in [0.5, 0.6) is 0 Å². The lowest BCUT2D eigenvalue weighted by Gasteiger charge is -2.26. The third-order valence-corrected chi connectivity index (χ3v) is 7.41. The van der Waals surface area contributed by atoms with Crippen molar-refractivity contribution in [3.63, 3.8) is 0 Å². The van der Waals surface area contributed by atoms with E-state index in [1.807, 2.05) is 17.8 Å². The van der Waals surface area contributed by atoms with Crippen molar-refractivity contribution in [2.45, 2.75) is 37.1 Å². The van der Waals surface area contributed by atoms with Crippen LogP contribution in [-0.4, -0.2) is 59.8 Å². The van der Waals surface area contributed by atoms with Crippen molar-refractivity contribution in [2.24, 2.45) is 0 Å². The maximum absolute atomic E-state index is 5.33. The molecule has 1 aliphatic rings. The van der Waals surface area contributed by atoms with E-state index < -0.39 is 0 Å². The summed E-state index contributed by atoms with van der Waals surface area (Å²) in [5.41, 5.74) is 4.42. The fraction of sp³-hybridized carbons (Fsp3) is 0.385. The maximum atomic E-state index is 5.33. The second-order valence-electron chi connectivity index (χ2n) is 8.87. The summed E-state index contributed by atoms with van der Waals surface area (Å²) in [7, 11) is 2.34. The van der Waals surface area contributed by atoms with Gasteiger partial charge in [-0.15, -0.1) is 11.8 Å². The summed E-state index contributed by atoms with van der Waals surface area (Å²) in [6.45, 7) is 3.71. The molecule has 5 rings (SSSR count). The molecule has 0 radical (unpaired) electrons. The molecule has 1 saturated heterocycles. The molecule has 0 spiro atoms. The van der Waals surface area contributed by atoms with Gasteiger partial charge in [-0.1, -0.05) is 54.3 Å². The largest absolute Gasteiger partial charge is 0.437 e. The van der Waals surface area contributed by atoms with Crippen molar-refractivity contribution in [2.75, 3.05) is 32.5 Å². The van der Waals surface area contributed by atoms with E-state index in [0.29, 0.717) is 7.48 Å². The highest BCUT2D eigenvalue weighted by molar-refractivity contribution is 7.99. The van der Waals surface area contributed by atoms with Crippen LogP contribution >= 0.6 is 11.8 Å². The molecule has 3 heterocycles. The van der Waals surface area contributed by atoms with Gasteiger partial charge in [-0.25, -0.2) is 9.97 Å². The zero-order valence-corrected chi connectivity index (χ0v) is 20.2. The van der Waals surface area contributed by atoms with Crippen molar-refractivity contribution in [3.8, 4) is 0 Å². The van der Waals surface area contributed by atoms with Gasteiger partial charge in [0.05, 0.1) is 5.39 Å². The zero-order valence-electron chi connectivity index (χ0n) is 19.3. The standard InChI is InChI=1S/C26H31BN4OS/c1-32-27-20-11-12-21-22(18-20)28-25-24(21)26(33-16-8-15-31-13-6-3-7-14-31)30-23(29-25)17-19-9-4-2-5-10-19/h2,4-5,9-12,18,27H,3,6-8,13-17H2,1H3,(H,28,29,30). The topological polar surface area (TPSA) is 54.0 Å². The van der Waals surface area contributed by atoms with Crippen molar-refractivity contribution in [1.29, 1.82) is 0 Å². The molecule has 7 heteroatoms. The number of aromatic nitrogens is 3. The molecule has 170 valence electrons. The SMILES string of the molecule is COBc1ccc2c(c1)[nH]c1nc(Cc3ccccc3)nc(SCCCN3CCCCC3)c12. The second-order valence-corrected chi connectivity index (χ2v) is 9.96. The normalized spacial score (nSPS) is 14.8. The minimum absolute atomic E-state index is 0.606. The summed E-state index contributed by atoms with van der Waals surface area (Å²) in [6, 6.07) is 17.0. The predicted octanol–water partition coefficient (Wildman–Crippen LogP) is 4.29. The zero-order chi connectivity index (χ0) is 22.5. The quantitative estimate of drug-likeness (QED) is 0.176. The van der Waals surface area contributed by atoms with Crippen LogP contribution in [0.25, 0.3) is 21.9 Å². The average molecular weight is 458 g/mol. The molecular weight excluding hydrogens is 427 g/mol. The number of H-pyrrole nitrogens is 1. The molecule has 0 aliphatic carbocycles. The number of hydrogen-bond donors (Lipinski definition) is 1. The molecular formula is C26H31BN4OS. The van der Waals surface area contributed by atoms with Crippen molar-refractivity contribution in [3.05, 3.63) is 59.9 Å². The van der Waals surface area contributed by atoms with Crippen LogP contribution in [0.15, 0.2) is 53.6 Å². The number of fused-ring (bicyclic) bond motifs is 3. The molecule has 0 bridgehead atoms. The molecule has 1 fully saturated rings. The van der Waals surface area contributed by atoms with Crippen LogP contribution in [0.2, 0.25) is 0 Å². The van der Waals surface area contributed by atoms with Crippen LogP contribution < -0.4 is 5.46 Å². The number of hydrogen-bond acceptors (Lipinski definition) is 5. The smallest absolute Gasteiger partial charge is 0.308 e. The lowest BCUT2D eigenvalue weighted by molar-refractivity contribution is 0.230. The minimum Gasteiger partial charge on any atom is -0.437 e. The van der Waals surface area contributed by atoms with Crippen LogP contribution in [0.4, 0.5) is 0 Å². The van der Waals surface area contributed by atoms with Crippen molar-refractivity contribution in [1.82, 2.24) is 19.9 Å². The van der Waals surface area contributed by atoms with Gasteiger partial charge in [0, 0.05) is 30.2 Å². The Hall–Kier alpha value is -2.35. The van der Waals surface area contributed by atoms with E-state index in [-0.39, 0.29) is 0 Å². The molecule has 5 nitrogen and oxygen atoms in total. The average Bonchev–Trinajstić information content (AvgIpc) is 3.21. The summed E-state index contributed by atoms with van der Waals surface area (Å²) < 4.78 is 5.33. The Morgan fingerprint density at radius 3 is 2.73 bits per heavy atom. The van der Waals surface area contributed by atoms with E-state index in [1.54, 1.807) is 7.11 Å². The van der Waals surface area contributed by atoms with E-state index in [1.165, 1.54) is 56.3 Å².